The summed E-state index contributed by atoms with van der Waals surface area (Å²) in [5.74, 6) is -0.364. The lowest BCUT2D eigenvalue weighted by atomic mass is 10.3. The first-order chi connectivity index (χ1) is 12.0. The summed E-state index contributed by atoms with van der Waals surface area (Å²) in [4.78, 5) is 8.16. The average molecular weight is 363 g/mol. The summed E-state index contributed by atoms with van der Waals surface area (Å²) < 4.78 is 31.3. The minimum absolute atomic E-state index is 0.371. The lowest BCUT2D eigenvalue weighted by Gasteiger charge is -2.10. The van der Waals surface area contributed by atoms with Crippen molar-refractivity contribution < 1.29 is 13.5 Å². The topological polar surface area (TPSA) is 59.1 Å². The second-order valence-corrected chi connectivity index (χ2v) is 5.42. The number of nitrogens with zero attached hydrogens (tertiary/aromatic N) is 2. The zero-order valence-corrected chi connectivity index (χ0v) is 13.8. The highest BCUT2D eigenvalue weighted by Gasteiger charge is 2.06. The van der Waals surface area contributed by atoms with Crippen LogP contribution in [0.25, 0.3) is 0 Å². The number of anilines is 4. The van der Waals surface area contributed by atoms with Gasteiger partial charge in [-0.2, -0.15) is 0 Å². The molecule has 0 amide bonds. The van der Waals surface area contributed by atoms with E-state index in [1.165, 1.54) is 19.5 Å². The molecule has 3 aromatic rings. The Bertz CT molecular complexity index is 908. The Morgan fingerprint density at radius 2 is 1.52 bits per heavy atom. The molecule has 0 radical (unpaired) electrons. The fourth-order valence-corrected chi connectivity index (χ4v) is 2.37. The maximum atomic E-state index is 13.3. The minimum atomic E-state index is -0.940. The molecule has 0 aliphatic rings. The van der Waals surface area contributed by atoms with Crippen molar-refractivity contribution in [3.63, 3.8) is 0 Å². The molecule has 0 bridgehead atoms. The van der Waals surface area contributed by atoms with Crippen molar-refractivity contribution in [1.82, 2.24) is 9.97 Å². The second kappa shape index (κ2) is 7.31. The van der Waals surface area contributed by atoms with Crippen molar-refractivity contribution in [3.8, 4) is 5.75 Å². The van der Waals surface area contributed by atoms with Gasteiger partial charge < -0.3 is 15.4 Å². The zero-order chi connectivity index (χ0) is 17.8. The van der Waals surface area contributed by atoms with Gasteiger partial charge in [0.2, 0.25) is 0 Å². The molecule has 0 aliphatic carbocycles. The number of rotatable bonds is 5. The molecule has 1 aromatic heterocycles. The van der Waals surface area contributed by atoms with Crippen molar-refractivity contribution in [2.24, 2.45) is 0 Å². The van der Waals surface area contributed by atoms with E-state index in [2.05, 4.69) is 20.6 Å². The Hall–Kier alpha value is -2.93. The number of aromatic nitrogens is 2. The Morgan fingerprint density at radius 3 is 2.12 bits per heavy atom. The summed E-state index contributed by atoms with van der Waals surface area (Å²) in [5.41, 5.74) is 1.08. The molecule has 0 saturated carbocycles. The van der Waals surface area contributed by atoms with E-state index >= 15 is 0 Å². The van der Waals surface area contributed by atoms with Crippen LogP contribution in [-0.4, -0.2) is 17.1 Å². The molecule has 0 spiro atoms. The van der Waals surface area contributed by atoms with E-state index in [1.54, 1.807) is 24.3 Å². The molecule has 3 rings (SSSR count). The molecule has 0 saturated heterocycles. The molecule has 2 N–H and O–H groups in total. The van der Waals surface area contributed by atoms with E-state index in [1.807, 2.05) is 0 Å². The van der Waals surface area contributed by atoms with Crippen LogP contribution in [0.15, 0.2) is 48.8 Å². The van der Waals surface area contributed by atoms with E-state index < -0.39 is 11.6 Å². The molecule has 0 aliphatic heterocycles. The van der Waals surface area contributed by atoms with Gasteiger partial charge in [0.05, 0.1) is 12.1 Å². The van der Waals surface area contributed by atoms with Gasteiger partial charge in [0.15, 0.2) is 11.6 Å². The van der Waals surface area contributed by atoms with Gasteiger partial charge in [-0.05, 0) is 30.3 Å². The number of hydrogen-bond acceptors (Lipinski definition) is 5. The summed E-state index contributed by atoms with van der Waals surface area (Å²) >= 11 is 6.09. The monoisotopic (exact) mass is 362 g/mol. The van der Waals surface area contributed by atoms with Gasteiger partial charge in [-0.3, -0.25) is 0 Å². The summed E-state index contributed by atoms with van der Waals surface area (Å²) in [6.07, 6.45) is 1.34. The van der Waals surface area contributed by atoms with Crippen molar-refractivity contribution in [2.45, 2.75) is 0 Å². The molecular weight excluding hydrogens is 350 g/mol. The minimum Gasteiger partial charge on any atom is -0.495 e. The van der Waals surface area contributed by atoms with Crippen LogP contribution >= 0.6 is 11.6 Å². The molecule has 0 unspecified atom stereocenters. The van der Waals surface area contributed by atoms with Crippen LogP contribution in [0, 0.1) is 11.6 Å². The molecular formula is C17H13ClF2N4O. The van der Waals surface area contributed by atoms with Gasteiger partial charge in [-0.15, -0.1) is 0 Å². The van der Waals surface area contributed by atoms with Crippen molar-refractivity contribution in [3.05, 3.63) is 65.4 Å². The Labute approximate surface area is 147 Å². The van der Waals surface area contributed by atoms with Gasteiger partial charge in [0.25, 0.3) is 0 Å². The van der Waals surface area contributed by atoms with E-state index in [0.717, 1.165) is 12.1 Å². The highest BCUT2D eigenvalue weighted by molar-refractivity contribution is 6.32. The maximum Gasteiger partial charge on any atom is 0.160 e. The maximum absolute atomic E-state index is 13.3. The predicted octanol–water partition coefficient (Wildman–Crippen LogP) is 4.90. The third kappa shape index (κ3) is 4.13. The fourth-order valence-electron chi connectivity index (χ4n) is 2.11. The molecule has 0 fully saturated rings. The van der Waals surface area contributed by atoms with Crippen LogP contribution < -0.4 is 15.4 Å². The lowest BCUT2D eigenvalue weighted by Crippen LogP contribution is -1.99. The number of hydrogen-bond donors (Lipinski definition) is 2. The van der Waals surface area contributed by atoms with Gasteiger partial charge in [-0.1, -0.05) is 11.6 Å². The van der Waals surface area contributed by atoms with E-state index in [-0.39, 0.29) is 0 Å². The van der Waals surface area contributed by atoms with Gasteiger partial charge in [0.1, 0.15) is 23.7 Å². The van der Waals surface area contributed by atoms with E-state index in [9.17, 15) is 8.78 Å². The third-order valence-corrected chi connectivity index (χ3v) is 3.58. The van der Waals surface area contributed by atoms with Crippen LogP contribution in [0.2, 0.25) is 5.02 Å². The molecule has 128 valence electrons. The molecule has 1 heterocycles. The van der Waals surface area contributed by atoms with Crippen LogP contribution in [-0.2, 0) is 0 Å². The zero-order valence-electron chi connectivity index (χ0n) is 13.1. The summed E-state index contributed by atoms with van der Waals surface area (Å²) in [5, 5.41) is 6.42. The van der Waals surface area contributed by atoms with Gasteiger partial charge in [0, 0.05) is 23.5 Å². The van der Waals surface area contributed by atoms with Crippen molar-refractivity contribution >= 4 is 34.6 Å². The molecule has 2 aromatic carbocycles. The normalized spacial score (nSPS) is 10.4. The standard InChI is InChI=1S/C17H13ClF2N4O/c1-25-15-5-3-10(6-12(15)18)23-16-8-17(22-9-21-16)24-11-2-4-13(19)14(20)7-11/h2-9H,1H3,(H2,21,22,23,24). The SMILES string of the molecule is COc1ccc(Nc2cc(Nc3ccc(F)c(F)c3)ncn2)cc1Cl. The van der Waals surface area contributed by atoms with E-state index in [4.69, 9.17) is 16.3 Å². The van der Waals surface area contributed by atoms with Crippen LogP contribution in [0.1, 0.15) is 0 Å². The summed E-state index contributed by atoms with van der Waals surface area (Å²) in [7, 11) is 1.54. The largest absolute Gasteiger partial charge is 0.495 e. The molecule has 8 heteroatoms. The molecule has 5 nitrogen and oxygen atoms in total. The number of benzene rings is 2. The van der Waals surface area contributed by atoms with Crippen molar-refractivity contribution in [2.75, 3.05) is 17.7 Å². The smallest absolute Gasteiger partial charge is 0.160 e. The second-order valence-electron chi connectivity index (χ2n) is 5.02. The average Bonchev–Trinajstić information content (AvgIpc) is 2.59. The van der Waals surface area contributed by atoms with Crippen LogP contribution in [0.5, 0.6) is 5.75 Å². The van der Waals surface area contributed by atoms with Crippen LogP contribution in [0.3, 0.4) is 0 Å². The lowest BCUT2D eigenvalue weighted by molar-refractivity contribution is 0.415. The molecule has 0 atom stereocenters. The van der Waals surface area contributed by atoms with E-state index in [0.29, 0.717) is 33.8 Å². The predicted molar refractivity (Wildman–Crippen MR) is 93.0 cm³/mol. The number of ether oxygens (including phenoxy) is 1. The summed E-state index contributed by atoms with van der Waals surface area (Å²) in [6, 6.07) is 10.3. The Kier molecular flexibility index (Phi) is 4.95. The van der Waals surface area contributed by atoms with Crippen LogP contribution in [0.4, 0.5) is 31.8 Å². The quantitative estimate of drug-likeness (QED) is 0.675. The number of halogens is 3. The highest BCUT2D eigenvalue weighted by atomic mass is 35.5. The first kappa shape index (κ1) is 16.9. The fraction of sp³-hybridized carbons (Fsp3) is 0.0588. The summed E-state index contributed by atoms with van der Waals surface area (Å²) in [6.45, 7) is 0. The Balaban J connectivity index is 1.77. The van der Waals surface area contributed by atoms with Gasteiger partial charge in [-0.25, -0.2) is 18.7 Å². The first-order valence-electron chi connectivity index (χ1n) is 7.20. The van der Waals surface area contributed by atoms with Gasteiger partial charge >= 0.3 is 0 Å². The molecule has 25 heavy (non-hydrogen) atoms. The third-order valence-electron chi connectivity index (χ3n) is 3.28. The highest BCUT2D eigenvalue weighted by Crippen LogP contribution is 2.29. The Morgan fingerprint density at radius 1 is 0.880 bits per heavy atom. The van der Waals surface area contributed by atoms with Crippen molar-refractivity contribution in [1.29, 1.82) is 0 Å². The first-order valence-corrected chi connectivity index (χ1v) is 7.57. The number of methoxy groups -OCH3 is 1. The number of nitrogens with one attached hydrogen (secondary N) is 2.